The second-order valence-corrected chi connectivity index (χ2v) is 6.84. The number of quaternary nitrogens is 1. The molecule has 0 aliphatic heterocycles. The number of rotatable bonds is 6. The third kappa shape index (κ3) is 4.91. The molecular weight excluding hydrogens is 352 g/mol. The molecular formula is C19H24BrN2O+. The van der Waals surface area contributed by atoms with Crippen molar-refractivity contribution in [2.75, 3.05) is 20.6 Å². The molecule has 2 aromatic carbocycles. The number of phenolic OH excluding ortho intramolecular Hbond substituents is 1. The lowest BCUT2D eigenvalue weighted by Crippen LogP contribution is -3.06. The molecule has 4 heteroatoms. The molecule has 0 amide bonds. The van der Waals surface area contributed by atoms with Crippen molar-refractivity contribution < 1.29 is 10.0 Å². The van der Waals surface area contributed by atoms with Crippen LogP contribution in [0, 0.1) is 0 Å². The summed E-state index contributed by atoms with van der Waals surface area (Å²) in [5.41, 5.74) is 3.37. The first-order valence-corrected chi connectivity index (χ1v) is 8.67. The van der Waals surface area contributed by atoms with Crippen LogP contribution in [0.4, 0.5) is 0 Å². The van der Waals surface area contributed by atoms with E-state index < -0.39 is 0 Å². The van der Waals surface area contributed by atoms with Gasteiger partial charge in [-0.25, -0.2) is 0 Å². The minimum Gasteiger partial charge on any atom is -0.507 e. The molecule has 0 unspecified atom stereocenters. The van der Waals surface area contributed by atoms with Crippen LogP contribution in [0.3, 0.4) is 0 Å². The monoisotopic (exact) mass is 375 g/mol. The van der Waals surface area contributed by atoms with Crippen LogP contribution in [0.25, 0.3) is 0 Å². The highest BCUT2D eigenvalue weighted by Crippen LogP contribution is 2.20. The van der Waals surface area contributed by atoms with Gasteiger partial charge in [0.25, 0.3) is 0 Å². The van der Waals surface area contributed by atoms with Crippen LogP contribution in [0.15, 0.2) is 51.9 Å². The standard InChI is InChI=1S/C19H23BrN2O/c1-4-14-5-7-15(8-6-14)18(22(2)3)13-21-12-16-11-17(20)9-10-19(16)23/h5-12,18,23H,4,13H2,1-3H3/p+1/t18-/m0/s1. The topological polar surface area (TPSA) is 37.0 Å². The van der Waals surface area contributed by atoms with E-state index in [1.165, 1.54) is 16.0 Å². The molecule has 0 fully saturated rings. The SMILES string of the molecule is CCc1ccc([C@H](CN=Cc2cc(Br)ccc2O)[NH+](C)C)cc1. The molecule has 0 radical (unpaired) electrons. The smallest absolute Gasteiger partial charge is 0.132 e. The van der Waals surface area contributed by atoms with E-state index in [0.717, 1.165) is 16.5 Å². The fourth-order valence-electron chi connectivity index (χ4n) is 2.49. The molecule has 0 aliphatic rings. The van der Waals surface area contributed by atoms with Crippen LogP contribution in [0.1, 0.15) is 29.7 Å². The molecule has 1 atom stereocenters. The van der Waals surface area contributed by atoms with Crippen LogP contribution < -0.4 is 4.90 Å². The molecule has 0 aromatic heterocycles. The third-order valence-electron chi connectivity index (χ3n) is 4.00. The molecule has 122 valence electrons. The molecule has 0 saturated carbocycles. The molecule has 2 N–H and O–H groups in total. The van der Waals surface area contributed by atoms with Gasteiger partial charge in [-0.1, -0.05) is 47.1 Å². The highest BCUT2D eigenvalue weighted by atomic mass is 79.9. The Balaban J connectivity index is 2.13. The van der Waals surface area contributed by atoms with E-state index in [0.29, 0.717) is 12.6 Å². The van der Waals surface area contributed by atoms with E-state index in [1.54, 1.807) is 12.3 Å². The van der Waals surface area contributed by atoms with Gasteiger partial charge in [0, 0.05) is 21.8 Å². The lowest BCUT2D eigenvalue weighted by molar-refractivity contribution is -0.890. The van der Waals surface area contributed by atoms with Crippen molar-refractivity contribution in [2.45, 2.75) is 19.4 Å². The van der Waals surface area contributed by atoms with E-state index in [1.807, 2.05) is 12.1 Å². The maximum Gasteiger partial charge on any atom is 0.132 e. The molecule has 0 bridgehead atoms. The maximum atomic E-state index is 9.87. The van der Waals surface area contributed by atoms with E-state index in [2.05, 4.69) is 66.2 Å². The van der Waals surface area contributed by atoms with Crippen molar-refractivity contribution in [3.05, 3.63) is 63.6 Å². The Kier molecular flexibility index (Phi) is 6.37. The molecule has 2 aromatic rings. The summed E-state index contributed by atoms with van der Waals surface area (Å²) < 4.78 is 0.932. The molecule has 2 rings (SSSR count). The van der Waals surface area contributed by atoms with Crippen LogP contribution in [0.2, 0.25) is 0 Å². The van der Waals surface area contributed by atoms with Gasteiger partial charge in [-0.15, -0.1) is 0 Å². The van der Waals surface area contributed by atoms with E-state index in [-0.39, 0.29) is 5.75 Å². The summed E-state index contributed by atoms with van der Waals surface area (Å²) in [4.78, 5) is 5.90. The Morgan fingerprint density at radius 3 is 2.48 bits per heavy atom. The first kappa shape index (κ1) is 17.7. The first-order chi connectivity index (χ1) is 11.0. The molecule has 23 heavy (non-hydrogen) atoms. The molecule has 0 saturated heterocycles. The largest absolute Gasteiger partial charge is 0.507 e. The van der Waals surface area contributed by atoms with Gasteiger partial charge in [-0.05, 0) is 30.2 Å². The van der Waals surface area contributed by atoms with Crippen molar-refractivity contribution in [1.29, 1.82) is 0 Å². The number of nitrogens with zero attached hydrogens (tertiary/aromatic N) is 1. The summed E-state index contributed by atoms with van der Waals surface area (Å²) >= 11 is 3.41. The zero-order valence-corrected chi connectivity index (χ0v) is 15.5. The first-order valence-electron chi connectivity index (χ1n) is 7.88. The van der Waals surface area contributed by atoms with Crippen molar-refractivity contribution >= 4 is 22.1 Å². The number of likely N-dealkylation sites (N-methyl/N-ethyl adjacent to an activating group) is 1. The van der Waals surface area contributed by atoms with Gasteiger partial charge in [-0.2, -0.15) is 0 Å². The van der Waals surface area contributed by atoms with Crippen molar-refractivity contribution in [2.24, 2.45) is 4.99 Å². The Labute approximate surface area is 146 Å². The number of nitrogens with one attached hydrogen (secondary N) is 1. The quantitative estimate of drug-likeness (QED) is 0.748. The summed E-state index contributed by atoms with van der Waals surface area (Å²) in [5.74, 6) is 0.248. The minimum absolute atomic E-state index is 0.248. The van der Waals surface area contributed by atoms with Crippen LogP contribution in [-0.2, 0) is 6.42 Å². The summed E-state index contributed by atoms with van der Waals surface area (Å²) in [7, 11) is 4.29. The average molecular weight is 376 g/mol. The Bertz CT molecular complexity index is 666. The lowest BCUT2D eigenvalue weighted by atomic mass is 10.0. The van der Waals surface area contributed by atoms with E-state index in [9.17, 15) is 5.11 Å². The van der Waals surface area contributed by atoms with Crippen LogP contribution in [0.5, 0.6) is 5.75 Å². The van der Waals surface area contributed by atoms with Crippen molar-refractivity contribution in [1.82, 2.24) is 0 Å². The van der Waals surface area contributed by atoms with E-state index >= 15 is 0 Å². The van der Waals surface area contributed by atoms with Crippen LogP contribution in [-0.4, -0.2) is 32.0 Å². The second-order valence-electron chi connectivity index (χ2n) is 5.92. The van der Waals surface area contributed by atoms with Gasteiger partial charge in [-0.3, -0.25) is 4.99 Å². The van der Waals surface area contributed by atoms with E-state index in [4.69, 9.17) is 0 Å². The number of hydrogen-bond acceptors (Lipinski definition) is 2. The van der Waals surface area contributed by atoms with Gasteiger partial charge in [0.2, 0.25) is 0 Å². The Morgan fingerprint density at radius 2 is 1.87 bits per heavy atom. The van der Waals surface area contributed by atoms with Crippen LogP contribution >= 0.6 is 15.9 Å². The third-order valence-corrected chi connectivity index (χ3v) is 4.49. The maximum absolute atomic E-state index is 9.87. The zero-order valence-electron chi connectivity index (χ0n) is 13.9. The second kappa shape index (κ2) is 8.27. The minimum atomic E-state index is 0.248. The number of phenols is 1. The summed E-state index contributed by atoms with van der Waals surface area (Å²) in [6.07, 6.45) is 2.80. The summed E-state index contributed by atoms with van der Waals surface area (Å²) in [6.45, 7) is 2.85. The zero-order chi connectivity index (χ0) is 16.8. The molecule has 0 spiro atoms. The number of aliphatic imine (C=N–C) groups is 1. The predicted octanol–water partition coefficient (Wildman–Crippen LogP) is 3.02. The fourth-order valence-corrected chi connectivity index (χ4v) is 2.87. The summed E-state index contributed by atoms with van der Waals surface area (Å²) in [5, 5.41) is 9.87. The summed E-state index contributed by atoms with van der Waals surface area (Å²) in [6, 6.07) is 14.4. The highest BCUT2D eigenvalue weighted by Gasteiger charge is 2.16. The number of aryl methyl sites for hydroxylation is 1. The molecule has 3 nitrogen and oxygen atoms in total. The number of halogens is 1. The highest BCUT2D eigenvalue weighted by molar-refractivity contribution is 9.10. The predicted molar refractivity (Wildman–Crippen MR) is 99.6 cm³/mol. The number of benzene rings is 2. The van der Waals surface area contributed by atoms with Gasteiger partial charge in [0.05, 0.1) is 20.6 Å². The Morgan fingerprint density at radius 1 is 1.17 bits per heavy atom. The van der Waals surface area contributed by atoms with Gasteiger partial charge in [0.1, 0.15) is 11.8 Å². The molecule has 0 aliphatic carbocycles. The average Bonchev–Trinajstić information content (AvgIpc) is 2.54. The lowest BCUT2D eigenvalue weighted by Gasteiger charge is -2.20. The van der Waals surface area contributed by atoms with Crippen molar-refractivity contribution in [3.8, 4) is 5.75 Å². The normalized spacial score (nSPS) is 12.9. The van der Waals surface area contributed by atoms with Gasteiger partial charge in [0.15, 0.2) is 0 Å². The van der Waals surface area contributed by atoms with Gasteiger partial charge >= 0.3 is 0 Å². The Hall–Kier alpha value is -1.65. The number of hydrogen-bond donors (Lipinski definition) is 2. The fraction of sp³-hybridized carbons (Fsp3) is 0.316. The van der Waals surface area contributed by atoms with Gasteiger partial charge < -0.3 is 10.0 Å². The molecule has 0 heterocycles. The number of aromatic hydroxyl groups is 1. The van der Waals surface area contributed by atoms with Crippen molar-refractivity contribution in [3.63, 3.8) is 0 Å².